The number of ether oxygens (including phenoxy) is 6. The maximum Gasteiger partial charge on any atom is 0.224 e. The SMILES string of the molecule is CC/C=C\C/C=C\C/C=C\C/C=C\C/C=C\CC(=O)NC(COC1OC(CO)C(OC2OC(CO)C(OC3OC(CO)C(O)C(O)C3O)C(O)C2O)C(O)C1O)C(O)/C=C/CCCCCCCCCCCCCCCCCCCCCCCCC. The zero-order valence-electron chi connectivity index (χ0n) is 51.6. The molecule has 0 spiro atoms. The molecule has 0 aromatic heterocycles. The highest BCUT2D eigenvalue weighted by Crippen LogP contribution is 2.33. The number of amides is 1. The van der Waals surface area contributed by atoms with Gasteiger partial charge in [-0.2, -0.15) is 0 Å². The van der Waals surface area contributed by atoms with Gasteiger partial charge in [-0.1, -0.05) is 228 Å². The topological polar surface area (TPSA) is 307 Å². The molecule has 0 radical (unpaired) electrons. The van der Waals surface area contributed by atoms with Crippen LogP contribution in [0.4, 0.5) is 0 Å². The number of aliphatic hydroxyl groups is 11. The van der Waals surface area contributed by atoms with E-state index in [1.807, 2.05) is 18.2 Å². The molecule has 3 rings (SSSR count). The summed E-state index contributed by atoms with van der Waals surface area (Å²) >= 11 is 0. The summed E-state index contributed by atoms with van der Waals surface area (Å²) < 4.78 is 34.2. The normalized spacial score (nSPS) is 29.4. The van der Waals surface area contributed by atoms with Crippen LogP contribution in [0.15, 0.2) is 72.9 Å². The molecule has 0 saturated carbocycles. The summed E-state index contributed by atoms with van der Waals surface area (Å²) in [6.07, 6.45) is 32.1. The number of carbonyl (C=O) groups is 1. The number of hydrogen-bond donors (Lipinski definition) is 12. The van der Waals surface area contributed by atoms with Crippen molar-refractivity contribution < 1.29 is 89.4 Å². The first-order chi connectivity index (χ1) is 41.3. The van der Waals surface area contributed by atoms with Gasteiger partial charge in [0.05, 0.1) is 38.6 Å². The zero-order chi connectivity index (χ0) is 61.9. The molecular weight excluding hydrogens is 1090 g/mol. The molecule has 85 heavy (non-hydrogen) atoms. The minimum absolute atomic E-state index is 0.00832. The molecule has 3 aliphatic heterocycles. The molecule has 1 amide bonds. The summed E-state index contributed by atoms with van der Waals surface area (Å²) in [7, 11) is 0. The quantitative estimate of drug-likeness (QED) is 0.0209. The molecule has 19 nitrogen and oxygen atoms in total. The van der Waals surface area contributed by atoms with Crippen molar-refractivity contribution in [3.8, 4) is 0 Å². The van der Waals surface area contributed by atoms with Crippen molar-refractivity contribution in [2.45, 2.75) is 311 Å². The Labute approximate surface area is 508 Å². The van der Waals surface area contributed by atoms with E-state index in [1.165, 1.54) is 128 Å². The Hall–Kier alpha value is -2.77. The Morgan fingerprint density at radius 3 is 1.22 bits per heavy atom. The zero-order valence-corrected chi connectivity index (χ0v) is 51.6. The van der Waals surface area contributed by atoms with Gasteiger partial charge in [0.25, 0.3) is 0 Å². The van der Waals surface area contributed by atoms with Crippen molar-refractivity contribution in [1.29, 1.82) is 0 Å². The molecule has 17 unspecified atom stereocenters. The number of unbranched alkanes of at least 4 members (excludes halogenated alkanes) is 23. The van der Waals surface area contributed by atoms with Gasteiger partial charge in [-0.05, 0) is 44.9 Å². The van der Waals surface area contributed by atoms with Gasteiger partial charge in [0.15, 0.2) is 18.9 Å². The van der Waals surface area contributed by atoms with Crippen LogP contribution in [0.3, 0.4) is 0 Å². The molecule has 3 saturated heterocycles. The van der Waals surface area contributed by atoms with Gasteiger partial charge in [-0.25, -0.2) is 0 Å². The minimum atomic E-state index is -1.99. The van der Waals surface area contributed by atoms with Crippen molar-refractivity contribution in [3.63, 3.8) is 0 Å². The molecule has 492 valence electrons. The molecule has 17 atom stereocenters. The Bertz CT molecular complexity index is 1830. The van der Waals surface area contributed by atoms with Gasteiger partial charge in [0.1, 0.15) is 73.2 Å². The first-order valence-corrected chi connectivity index (χ1v) is 32.7. The lowest BCUT2D eigenvalue weighted by Crippen LogP contribution is -2.66. The second-order valence-corrected chi connectivity index (χ2v) is 23.2. The van der Waals surface area contributed by atoms with E-state index < -0.39 is 137 Å². The van der Waals surface area contributed by atoms with E-state index in [1.54, 1.807) is 12.2 Å². The highest BCUT2D eigenvalue weighted by atomic mass is 16.8. The van der Waals surface area contributed by atoms with Crippen LogP contribution in [-0.2, 0) is 33.2 Å². The lowest BCUT2D eigenvalue weighted by molar-refractivity contribution is -0.379. The Morgan fingerprint density at radius 1 is 0.435 bits per heavy atom. The predicted molar refractivity (Wildman–Crippen MR) is 328 cm³/mol. The van der Waals surface area contributed by atoms with Gasteiger partial charge in [0.2, 0.25) is 5.91 Å². The average molecular weight is 1210 g/mol. The van der Waals surface area contributed by atoms with Gasteiger partial charge in [-0.3, -0.25) is 4.79 Å². The molecule has 3 aliphatic rings. The van der Waals surface area contributed by atoms with Gasteiger partial charge in [-0.15, -0.1) is 0 Å². The molecule has 0 aliphatic carbocycles. The van der Waals surface area contributed by atoms with Crippen LogP contribution >= 0.6 is 0 Å². The summed E-state index contributed by atoms with van der Waals surface area (Å²) in [4.78, 5) is 13.3. The molecular formula is C66H115NO18. The van der Waals surface area contributed by atoms with Crippen LogP contribution in [0.25, 0.3) is 0 Å². The molecule has 19 heteroatoms. The number of aliphatic hydroxyl groups excluding tert-OH is 11. The number of rotatable bonds is 48. The van der Waals surface area contributed by atoms with Crippen LogP contribution < -0.4 is 5.32 Å². The second kappa shape index (κ2) is 48.1. The van der Waals surface area contributed by atoms with E-state index >= 15 is 0 Å². The molecule has 0 aromatic carbocycles. The van der Waals surface area contributed by atoms with Crippen molar-refractivity contribution in [3.05, 3.63) is 72.9 Å². The van der Waals surface area contributed by atoms with Crippen molar-refractivity contribution >= 4 is 5.91 Å². The van der Waals surface area contributed by atoms with Gasteiger partial charge < -0.3 is 89.9 Å². The highest BCUT2D eigenvalue weighted by molar-refractivity contribution is 5.77. The molecule has 0 aromatic rings. The molecule has 3 fully saturated rings. The van der Waals surface area contributed by atoms with Crippen LogP contribution in [0, 0.1) is 0 Å². The summed E-state index contributed by atoms with van der Waals surface area (Å²) in [6.45, 7) is 1.54. The van der Waals surface area contributed by atoms with Crippen LogP contribution in [0.5, 0.6) is 0 Å². The van der Waals surface area contributed by atoms with Gasteiger partial charge >= 0.3 is 0 Å². The Balaban J connectivity index is 1.47. The molecule has 3 heterocycles. The van der Waals surface area contributed by atoms with Crippen LogP contribution in [-0.4, -0.2) is 193 Å². The number of allylic oxidation sites excluding steroid dienone is 10. The van der Waals surface area contributed by atoms with E-state index in [4.69, 9.17) is 28.4 Å². The highest BCUT2D eigenvalue weighted by Gasteiger charge is 2.53. The van der Waals surface area contributed by atoms with Crippen molar-refractivity contribution in [1.82, 2.24) is 5.32 Å². The fourth-order valence-electron chi connectivity index (χ4n) is 10.7. The predicted octanol–water partition coefficient (Wildman–Crippen LogP) is 7.38. The third-order valence-corrected chi connectivity index (χ3v) is 16.0. The fraction of sp³-hybridized carbons (Fsp3) is 0.803. The second-order valence-electron chi connectivity index (χ2n) is 23.2. The maximum absolute atomic E-state index is 13.3. The number of hydrogen-bond acceptors (Lipinski definition) is 18. The largest absolute Gasteiger partial charge is 0.394 e. The van der Waals surface area contributed by atoms with Gasteiger partial charge in [0, 0.05) is 6.42 Å². The summed E-state index contributed by atoms with van der Waals surface area (Å²) in [5.74, 6) is -0.403. The minimum Gasteiger partial charge on any atom is -0.394 e. The van der Waals surface area contributed by atoms with E-state index in [0.717, 1.165) is 51.4 Å². The third kappa shape index (κ3) is 31.0. The Morgan fingerprint density at radius 2 is 0.800 bits per heavy atom. The summed E-state index contributed by atoms with van der Waals surface area (Å²) in [5.41, 5.74) is 0. The number of carbonyl (C=O) groups excluding carboxylic acids is 1. The van der Waals surface area contributed by atoms with Crippen LogP contribution in [0.2, 0.25) is 0 Å². The molecule has 12 N–H and O–H groups in total. The van der Waals surface area contributed by atoms with E-state index in [-0.39, 0.29) is 6.42 Å². The van der Waals surface area contributed by atoms with E-state index in [2.05, 4.69) is 61.7 Å². The van der Waals surface area contributed by atoms with Crippen molar-refractivity contribution in [2.75, 3.05) is 26.4 Å². The monoisotopic (exact) mass is 1210 g/mol. The fourth-order valence-corrected chi connectivity index (χ4v) is 10.7. The number of nitrogens with one attached hydrogen (secondary N) is 1. The molecule has 0 bridgehead atoms. The maximum atomic E-state index is 13.3. The lowest BCUT2D eigenvalue weighted by Gasteiger charge is -2.48. The Kier molecular flexibility index (Phi) is 43.3. The summed E-state index contributed by atoms with van der Waals surface area (Å²) in [6, 6.07) is -1.03. The first-order valence-electron chi connectivity index (χ1n) is 32.7. The smallest absolute Gasteiger partial charge is 0.224 e. The standard InChI is InChI=1S/C66H115NO18/c1-3-5-7-9-11-13-15-17-19-20-21-22-23-24-25-26-27-28-30-31-33-35-37-39-41-43-50(71)49(67-54(72)44-42-40-38-36-34-32-29-18-16-14-12-10-8-6-4-2)48-80-64-60(78)57(75)62(52(46-69)82-64)85-66-61(79)58(76)63(53(47-70)83-66)84-65-59(77)56(74)55(73)51(45-68)81-65/h6,8,12,14,18,29,34,36,40-43,49-53,55-66,68-71,73-79H,3-5,7,9-11,13,15-17,19-28,30-33,35,37-39,44-48H2,1-2H3,(H,67,72)/b8-6-,14-12-,29-18-,36-34-,42-40-,43-41+. The van der Waals surface area contributed by atoms with E-state index in [9.17, 15) is 61.0 Å². The summed E-state index contributed by atoms with van der Waals surface area (Å²) in [5, 5.41) is 120. The van der Waals surface area contributed by atoms with Crippen LogP contribution in [0.1, 0.15) is 206 Å². The van der Waals surface area contributed by atoms with Crippen molar-refractivity contribution in [2.24, 2.45) is 0 Å². The lowest BCUT2D eigenvalue weighted by atomic mass is 9.96. The van der Waals surface area contributed by atoms with E-state index in [0.29, 0.717) is 6.42 Å². The third-order valence-electron chi connectivity index (χ3n) is 16.0. The average Bonchev–Trinajstić information content (AvgIpc) is 3.49. The first kappa shape index (κ1) is 76.5.